The van der Waals surface area contributed by atoms with Gasteiger partial charge in [-0.25, -0.2) is 9.69 Å². The number of nitrogens with zero attached hydrogens (tertiary/aromatic N) is 9. The molecule has 2 unspecified atom stereocenters. The van der Waals surface area contributed by atoms with Crippen molar-refractivity contribution in [3.05, 3.63) is 64.8 Å². The minimum absolute atomic E-state index is 0.0339. The fourth-order valence-electron chi connectivity index (χ4n) is 10.0. The summed E-state index contributed by atoms with van der Waals surface area (Å²) in [6, 6.07) is 10.7. The molecule has 64 heavy (non-hydrogen) atoms. The quantitative estimate of drug-likeness (QED) is 0.197. The van der Waals surface area contributed by atoms with Gasteiger partial charge >= 0.3 is 12.3 Å². The van der Waals surface area contributed by atoms with Gasteiger partial charge in [0.2, 0.25) is 17.8 Å². The molecular weight excluding hydrogens is 838 g/mol. The van der Waals surface area contributed by atoms with Gasteiger partial charge in [-0.2, -0.15) is 4.98 Å². The maximum atomic E-state index is 13.4. The Morgan fingerprint density at radius 1 is 0.812 bits per heavy atom. The SMILES string of the molecule is NC(=O)c1nnc(N2CCCC(N3CCN(C(F)(F)F)C3=O)C2)nc1Nc1ccc(C2CCN(CC3CCN(c4ccc5c(c4)C(=O)N(C4CCC(=O)NC4=O)C5=O)CC3)CC2)cc1. The summed E-state index contributed by atoms with van der Waals surface area (Å²) in [7, 11) is 0. The van der Waals surface area contributed by atoms with Crippen LogP contribution < -0.4 is 26.2 Å². The number of piperidine rings is 4. The van der Waals surface area contributed by atoms with Crippen LogP contribution in [-0.4, -0.2) is 148 Å². The van der Waals surface area contributed by atoms with E-state index in [0.29, 0.717) is 36.9 Å². The summed E-state index contributed by atoms with van der Waals surface area (Å²) in [5.41, 5.74) is 8.75. The molecular formula is C43H49F3N12O6. The Hall–Kier alpha value is -6.38. The van der Waals surface area contributed by atoms with Crippen LogP contribution in [0.25, 0.3) is 0 Å². The second-order valence-electron chi connectivity index (χ2n) is 17.4. The van der Waals surface area contributed by atoms with Crippen molar-refractivity contribution in [2.75, 3.05) is 74.0 Å². The lowest BCUT2D eigenvalue weighted by atomic mass is 9.88. The van der Waals surface area contributed by atoms with Crippen molar-refractivity contribution in [3.63, 3.8) is 0 Å². The van der Waals surface area contributed by atoms with Crippen LogP contribution >= 0.6 is 0 Å². The summed E-state index contributed by atoms with van der Waals surface area (Å²) in [6.07, 6.45) is 0.559. The molecule has 4 N–H and O–H groups in total. The third kappa shape index (κ3) is 8.51. The van der Waals surface area contributed by atoms with Gasteiger partial charge in [0.1, 0.15) is 6.04 Å². The van der Waals surface area contributed by atoms with Crippen LogP contribution in [0.1, 0.15) is 94.1 Å². The molecule has 9 rings (SSSR count). The molecule has 7 heterocycles. The first-order valence-electron chi connectivity index (χ1n) is 21.9. The Bertz CT molecular complexity index is 2350. The Morgan fingerprint density at radius 2 is 1.55 bits per heavy atom. The van der Waals surface area contributed by atoms with Gasteiger partial charge in [-0.3, -0.25) is 34.2 Å². The number of anilines is 4. The average molecular weight is 887 g/mol. The summed E-state index contributed by atoms with van der Waals surface area (Å²) in [6.45, 7) is 4.83. The van der Waals surface area contributed by atoms with Crippen molar-refractivity contribution in [1.29, 1.82) is 0 Å². The number of carbonyl (C=O) groups excluding carboxylic acids is 6. The lowest BCUT2D eigenvalue weighted by Crippen LogP contribution is -2.54. The summed E-state index contributed by atoms with van der Waals surface area (Å²) in [5, 5.41) is 13.5. The molecule has 0 radical (unpaired) electrons. The van der Waals surface area contributed by atoms with Crippen LogP contribution in [0.5, 0.6) is 0 Å². The molecule has 0 aliphatic carbocycles. The summed E-state index contributed by atoms with van der Waals surface area (Å²) < 4.78 is 40.0. The van der Waals surface area contributed by atoms with E-state index in [1.807, 2.05) is 18.2 Å². The summed E-state index contributed by atoms with van der Waals surface area (Å²) in [4.78, 5) is 88.8. The molecule has 6 aliphatic heterocycles. The topological polar surface area (TPSA) is 211 Å². The number of urea groups is 1. The van der Waals surface area contributed by atoms with Crippen molar-refractivity contribution >= 4 is 58.7 Å². The van der Waals surface area contributed by atoms with E-state index >= 15 is 0 Å². The molecule has 1 aromatic heterocycles. The molecule has 3 aromatic rings. The highest BCUT2D eigenvalue weighted by Gasteiger charge is 2.49. The number of aromatic nitrogens is 3. The first-order valence-corrected chi connectivity index (χ1v) is 21.9. The number of amides is 7. The van der Waals surface area contributed by atoms with Gasteiger partial charge in [-0.1, -0.05) is 12.1 Å². The number of hydrogen-bond acceptors (Lipinski definition) is 13. The maximum absolute atomic E-state index is 13.4. The smallest absolute Gasteiger partial charge is 0.371 e. The molecule has 5 saturated heterocycles. The zero-order chi connectivity index (χ0) is 44.9. The molecule has 6 aliphatic rings. The number of carbonyl (C=O) groups is 6. The number of primary amides is 1. The standard InChI is InChI=1S/C43H49F3N12O6/c44-43(45,46)57-21-20-56(42(57)64)30-2-1-15-55(24-30)41-50-37(35(36(47)60)51-52-41)48-28-5-3-26(4-6-28)27-13-16-53(17-14-27)23-25-11-18-54(19-12-25)29-7-8-31-32(22-29)40(63)58(39(31)62)33-9-10-34(59)49-38(33)61/h3-8,22,25,27,30,33H,1-2,9-21,23-24H2,(H2,47,60)(H,48,50,52)(H,49,59,61). The van der Waals surface area contributed by atoms with Crippen LogP contribution in [0.15, 0.2) is 42.5 Å². The zero-order valence-electron chi connectivity index (χ0n) is 35.1. The molecule has 338 valence electrons. The highest BCUT2D eigenvalue weighted by atomic mass is 19.4. The molecule has 18 nitrogen and oxygen atoms in total. The van der Waals surface area contributed by atoms with Crippen LogP contribution in [0.2, 0.25) is 0 Å². The number of rotatable bonds is 10. The van der Waals surface area contributed by atoms with E-state index in [1.165, 1.54) is 10.5 Å². The second-order valence-corrected chi connectivity index (χ2v) is 17.4. The maximum Gasteiger partial charge on any atom is 0.488 e. The third-order valence-corrected chi connectivity index (χ3v) is 13.5. The van der Waals surface area contributed by atoms with Crippen molar-refractivity contribution in [3.8, 4) is 0 Å². The molecule has 2 aromatic carbocycles. The lowest BCUT2D eigenvalue weighted by Gasteiger charge is -2.38. The number of halogens is 3. The number of benzene rings is 2. The van der Waals surface area contributed by atoms with Crippen LogP contribution in [0, 0.1) is 5.92 Å². The third-order valence-electron chi connectivity index (χ3n) is 13.5. The fourth-order valence-corrected chi connectivity index (χ4v) is 10.0. The van der Waals surface area contributed by atoms with E-state index in [0.717, 1.165) is 69.0 Å². The van der Waals surface area contributed by atoms with Gasteiger partial charge in [0.05, 0.1) is 17.2 Å². The highest BCUT2D eigenvalue weighted by Crippen LogP contribution is 2.35. The fraction of sp³-hybridized carbons (Fsp3) is 0.512. The molecule has 0 spiro atoms. The summed E-state index contributed by atoms with van der Waals surface area (Å²) in [5.74, 6) is -1.71. The van der Waals surface area contributed by atoms with E-state index in [1.54, 1.807) is 17.0 Å². The molecule has 7 amide bonds. The van der Waals surface area contributed by atoms with Gasteiger partial charge in [0.25, 0.3) is 17.7 Å². The number of alkyl halides is 3. The highest BCUT2D eigenvalue weighted by molar-refractivity contribution is 6.23. The predicted molar refractivity (Wildman–Crippen MR) is 225 cm³/mol. The van der Waals surface area contributed by atoms with Crippen LogP contribution in [-0.2, 0) is 9.59 Å². The number of nitrogens with one attached hydrogen (secondary N) is 2. The number of nitrogens with two attached hydrogens (primary N) is 1. The van der Waals surface area contributed by atoms with Gasteiger partial charge in [-0.15, -0.1) is 23.4 Å². The van der Waals surface area contributed by atoms with Crippen molar-refractivity contribution in [2.45, 2.75) is 75.7 Å². The van der Waals surface area contributed by atoms with E-state index in [-0.39, 0.29) is 59.4 Å². The predicted octanol–water partition coefficient (Wildman–Crippen LogP) is 3.44. The second kappa shape index (κ2) is 17.3. The van der Waals surface area contributed by atoms with Crippen molar-refractivity contribution < 1.29 is 41.9 Å². The Labute approximate surface area is 366 Å². The molecule has 5 fully saturated rings. The number of imide groups is 2. The van der Waals surface area contributed by atoms with Crippen LogP contribution in [0.3, 0.4) is 0 Å². The Kier molecular flexibility index (Phi) is 11.6. The Morgan fingerprint density at radius 3 is 2.23 bits per heavy atom. The number of likely N-dealkylation sites (tertiary alicyclic amines) is 1. The minimum Gasteiger partial charge on any atom is -0.371 e. The van der Waals surface area contributed by atoms with Gasteiger partial charge < -0.3 is 30.7 Å². The Balaban J connectivity index is 0.753. The van der Waals surface area contributed by atoms with Gasteiger partial charge in [0, 0.05) is 63.6 Å². The van der Waals surface area contributed by atoms with Gasteiger partial charge in [-0.05, 0) is 106 Å². The van der Waals surface area contributed by atoms with Crippen LogP contribution in [0.4, 0.5) is 41.1 Å². The lowest BCUT2D eigenvalue weighted by molar-refractivity contribution is -0.218. The number of hydrogen-bond donors (Lipinski definition) is 3. The van der Waals surface area contributed by atoms with E-state index in [4.69, 9.17) is 5.73 Å². The molecule has 0 bridgehead atoms. The van der Waals surface area contributed by atoms with E-state index in [2.05, 4.69) is 47.7 Å². The molecule has 2 atom stereocenters. The average Bonchev–Trinajstić information content (AvgIpc) is 3.80. The van der Waals surface area contributed by atoms with Crippen molar-refractivity contribution in [1.82, 2.24) is 40.1 Å². The normalized spacial score (nSPS) is 23.0. The van der Waals surface area contributed by atoms with E-state index in [9.17, 15) is 41.9 Å². The summed E-state index contributed by atoms with van der Waals surface area (Å²) >= 11 is 0. The first-order chi connectivity index (χ1) is 30.7. The largest absolute Gasteiger partial charge is 0.488 e. The van der Waals surface area contributed by atoms with E-state index < -0.39 is 60.5 Å². The number of fused-ring (bicyclic) bond motifs is 1. The molecule has 21 heteroatoms. The molecule has 0 saturated carbocycles. The van der Waals surface area contributed by atoms with Gasteiger partial charge in [0.15, 0.2) is 11.5 Å². The monoisotopic (exact) mass is 886 g/mol. The van der Waals surface area contributed by atoms with Crippen molar-refractivity contribution in [2.24, 2.45) is 11.7 Å². The zero-order valence-corrected chi connectivity index (χ0v) is 35.1. The minimum atomic E-state index is -4.74. The first kappa shape index (κ1) is 42.9.